The van der Waals surface area contributed by atoms with Crippen LogP contribution < -0.4 is 9.47 Å². The second-order valence-electron chi connectivity index (χ2n) is 9.53. The van der Waals surface area contributed by atoms with Crippen LogP contribution in [-0.4, -0.2) is 47.2 Å². The lowest BCUT2D eigenvalue weighted by Gasteiger charge is -2.33. The molecule has 2 aliphatic heterocycles. The van der Waals surface area contributed by atoms with Crippen molar-refractivity contribution in [3.63, 3.8) is 0 Å². The average molecular weight is 494 g/mol. The average Bonchev–Trinajstić information content (AvgIpc) is 2.88. The number of carbonyl (C=O) groups is 1. The number of aryl methyl sites for hydroxylation is 2. The molecule has 0 bridgehead atoms. The number of ether oxygens (including phenoxy) is 2. The number of rotatable bonds is 8. The number of fused-ring (bicyclic) bond motifs is 2. The van der Waals surface area contributed by atoms with Gasteiger partial charge in [-0.1, -0.05) is 30.3 Å². The lowest BCUT2D eigenvalue weighted by molar-refractivity contribution is -0.128. The van der Waals surface area contributed by atoms with Gasteiger partial charge in [-0.05, 0) is 78.8 Å². The molecule has 0 aromatic heterocycles. The Morgan fingerprint density at radius 1 is 0.917 bits per heavy atom. The van der Waals surface area contributed by atoms with Crippen molar-refractivity contribution in [2.24, 2.45) is 0 Å². The molecule has 2 aliphatic rings. The van der Waals surface area contributed by atoms with Crippen molar-refractivity contribution < 1.29 is 28.2 Å². The number of carbonyl (C=O) groups excluding carboxylic acids is 1. The summed E-state index contributed by atoms with van der Waals surface area (Å²) in [5.74, 6) is 0.423. The number of hydrogen-bond donors (Lipinski definition) is 1. The molecule has 0 spiro atoms. The smallest absolute Gasteiger partial charge is 0.187 e. The molecule has 0 saturated carbocycles. The van der Waals surface area contributed by atoms with E-state index in [-0.39, 0.29) is 30.5 Å². The maximum atomic E-state index is 13.5. The van der Waals surface area contributed by atoms with E-state index in [9.17, 15) is 18.7 Å². The fourth-order valence-corrected chi connectivity index (χ4v) is 4.96. The van der Waals surface area contributed by atoms with Gasteiger partial charge < -0.3 is 14.6 Å². The summed E-state index contributed by atoms with van der Waals surface area (Å²) >= 11 is 0. The van der Waals surface area contributed by atoms with Crippen molar-refractivity contribution >= 4 is 5.78 Å². The van der Waals surface area contributed by atoms with Crippen molar-refractivity contribution in [1.82, 2.24) is 4.90 Å². The van der Waals surface area contributed by atoms with Gasteiger partial charge in [0.05, 0.1) is 6.54 Å². The van der Waals surface area contributed by atoms with Crippen molar-refractivity contribution in [2.75, 3.05) is 13.1 Å². The molecule has 3 aromatic carbocycles. The normalized spacial score (nSPS) is 19.6. The predicted octanol–water partition coefficient (Wildman–Crippen LogP) is 4.48. The van der Waals surface area contributed by atoms with Gasteiger partial charge in [-0.25, -0.2) is 8.78 Å². The van der Waals surface area contributed by atoms with Crippen LogP contribution in [0.5, 0.6) is 11.5 Å². The number of aliphatic hydroxyl groups is 1. The van der Waals surface area contributed by atoms with Crippen LogP contribution in [0.3, 0.4) is 0 Å². The van der Waals surface area contributed by atoms with Crippen molar-refractivity contribution in [1.29, 1.82) is 0 Å². The highest BCUT2D eigenvalue weighted by molar-refractivity contribution is 5.85. The molecule has 0 aliphatic carbocycles. The van der Waals surface area contributed by atoms with Crippen LogP contribution in [-0.2, 0) is 24.2 Å². The summed E-state index contributed by atoms with van der Waals surface area (Å²) in [5.41, 5.74) is 2.59. The highest BCUT2D eigenvalue weighted by Gasteiger charge is 2.31. The van der Waals surface area contributed by atoms with Crippen molar-refractivity contribution in [2.45, 2.75) is 50.5 Å². The minimum Gasteiger partial charge on any atom is -0.487 e. The lowest BCUT2D eigenvalue weighted by Crippen LogP contribution is -2.46. The molecule has 0 radical (unpaired) electrons. The van der Waals surface area contributed by atoms with Crippen LogP contribution in [0.1, 0.15) is 29.5 Å². The summed E-state index contributed by atoms with van der Waals surface area (Å²) in [6, 6.07) is 18.5. The van der Waals surface area contributed by atoms with Gasteiger partial charge in [-0.15, -0.1) is 0 Å². The van der Waals surface area contributed by atoms with Gasteiger partial charge in [0.2, 0.25) is 0 Å². The molecule has 0 amide bonds. The molecule has 3 atom stereocenters. The Bertz CT molecular complexity index is 1220. The van der Waals surface area contributed by atoms with E-state index in [0.29, 0.717) is 43.7 Å². The molecule has 188 valence electrons. The second-order valence-corrected chi connectivity index (χ2v) is 9.53. The predicted molar refractivity (Wildman–Crippen MR) is 131 cm³/mol. The fraction of sp³-hybridized carbons (Fsp3) is 0.345. The van der Waals surface area contributed by atoms with Gasteiger partial charge in [0.15, 0.2) is 11.9 Å². The van der Waals surface area contributed by atoms with Crippen LogP contribution in [0, 0.1) is 11.6 Å². The van der Waals surface area contributed by atoms with E-state index in [2.05, 4.69) is 0 Å². The summed E-state index contributed by atoms with van der Waals surface area (Å²) in [4.78, 5) is 15.2. The molecule has 36 heavy (non-hydrogen) atoms. The van der Waals surface area contributed by atoms with Gasteiger partial charge >= 0.3 is 0 Å². The van der Waals surface area contributed by atoms with E-state index in [4.69, 9.17) is 9.47 Å². The Hall–Kier alpha value is -3.29. The molecular weight excluding hydrogens is 464 g/mol. The van der Waals surface area contributed by atoms with Gasteiger partial charge in [0.25, 0.3) is 0 Å². The molecule has 0 fully saturated rings. The first-order chi connectivity index (χ1) is 17.4. The second kappa shape index (κ2) is 10.8. The molecular formula is C29H29F2NO4. The zero-order valence-electron chi connectivity index (χ0n) is 19.9. The van der Waals surface area contributed by atoms with E-state index in [1.165, 1.54) is 24.3 Å². The highest BCUT2D eigenvalue weighted by atomic mass is 19.1. The van der Waals surface area contributed by atoms with Crippen molar-refractivity contribution in [3.05, 3.63) is 95.1 Å². The van der Waals surface area contributed by atoms with E-state index in [0.717, 1.165) is 16.7 Å². The summed E-state index contributed by atoms with van der Waals surface area (Å²) in [5, 5.41) is 11.1. The minimum atomic E-state index is -0.837. The SMILES string of the molecule is O=C(CN(Cc1ccccc1)CC(O)C1CCc2cc(F)ccc2O1)C1CCc2cc(F)ccc2O1. The summed E-state index contributed by atoms with van der Waals surface area (Å²) in [6.45, 7) is 0.810. The molecule has 0 saturated heterocycles. The fourth-order valence-electron chi connectivity index (χ4n) is 4.96. The Kier molecular flexibility index (Phi) is 7.30. The first kappa shape index (κ1) is 24.4. The molecule has 7 heteroatoms. The first-order valence-electron chi connectivity index (χ1n) is 12.3. The number of Topliss-reactive ketones (excluding diaryl/α,β-unsaturated/α-hetero) is 1. The van der Waals surface area contributed by atoms with Crippen LogP contribution in [0.4, 0.5) is 8.78 Å². The zero-order valence-corrected chi connectivity index (χ0v) is 19.9. The molecule has 2 heterocycles. The van der Waals surface area contributed by atoms with Crippen LogP contribution in [0.15, 0.2) is 66.7 Å². The number of aliphatic hydroxyl groups excluding tert-OH is 1. The maximum absolute atomic E-state index is 13.5. The van der Waals surface area contributed by atoms with E-state index < -0.39 is 18.3 Å². The van der Waals surface area contributed by atoms with E-state index in [1.807, 2.05) is 35.2 Å². The topological polar surface area (TPSA) is 59.0 Å². The molecule has 3 aromatic rings. The van der Waals surface area contributed by atoms with E-state index in [1.54, 1.807) is 12.1 Å². The minimum absolute atomic E-state index is 0.0847. The number of nitrogens with zero attached hydrogens (tertiary/aromatic N) is 1. The third-order valence-electron chi connectivity index (χ3n) is 6.83. The van der Waals surface area contributed by atoms with Crippen LogP contribution in [0.2, 0.25) is 0 Å². The largest absolute Gasteiger partial charge is 0.487 e. The van der Waals surface area contributed by atoms with Gasteiger partial charge in [-0.3, -0.25) is 9.69 Å². The van der Waals surface area contributed by atoms with Gasteiger partial charge in [0.1, 0.15) is 35.3 Å². The Morgan fingerprint density at radius 3 is 2.25 bits per heavy atom. The Balaban J connectivity index is 1.26. The quantitative estimate of drug-likeness (QED) is 0.501. The monoisotopic (exact) mass is 493 g/mol. The summed E-state index contributed by atoms with van der Waals surface area (Å²) in [6.07, 6.45) is 0.314. The Morgan fingerprint density at radius 2 is 1.56 bits per heavy atom. The number of ketones is 1. The van der Waals surface area contributed by atoms with Gasteiger partial charge in [0, 0.05) is 13.1 Å². The summed E-state index contributed by atoms with van der Waals surface area (Å²) < 4.78 is 39.0. The molecule has 5 rings (SSSR count). The molecule has 5 nitrogen and oxygen atoms in total. The Labute approximate surface area is 209 Å². The third-order valence-corrected chi connectivity index (χ3v) is 6.83. The van der Waals surface area contributed by atoms with Crippen molar-refractivity contribution in [3.8, 4) is 11.5 Å². The maximum Gasteiger partial charge on any atom is 0.187 e. The standard InChI is InChI=1S/C29H29F2NO4/c30-22-8-12-26-20(14-22)6-10-28(35-26)24(33)17-32(16-19-4-2-1-3-5-19)18-25(34)29-11-7-21-15-23(31)9-13-27(21)36-29/h1-5,8-9,12-15,24,28-29,33H,6-7,10-11,16-18H2. The van der Waals surface area contributed by atoms with E-state index >= 15 is 0 Å². The van der Waals surface area contributed by atoms with Crippen LogP contribution in [0.25, 0.3) is 0 Å². The van der Waals surface area contributed by atoms with Gasteiger partial charge in [-0.2, -0.15) is 0 Å². The summed E-state index contributed by atoms with van der Waals surface area (Å²) in [7, 11) is 0. The lowest BCUT2D eigenvalue weighted by atomic mass is 9.98. The number of hydrogen-bond acceptors (Lipinski definition) is 5. The zero-order chi connectivity index (χ0) is 25.1. The molecule has 3 unspecified atom stereocenters. The highest BCUT2D eigenvalue weighted by Crippen LogP contribution is 2.30. The number of halogens is 2. The molecule has 1 N–H and O–H groups in total. The number of benzene rings is 3. The van der Waals surface area contributed by atoms with Crippen LogP contribution >= 0.6 is 0 Å². The first-order valence-corrected chi connectivity index (χ1v) is 12.3. The third kappa shape index (κ3) is 5.74.